The molecule has 25 heavy (non-hydrogen) atoms. The normalized spacial score (nSPS) is 29.2. The van der Waals surface area contributed by atoms with Crippen LogP contribution in [-0.4, -0.2) is 19.3 Å². The smallest absolute Gasteiger partial charge is 0.119 e. The summed E-state index contributed by atoms with van der Waals surface area (Å²) in [5.41, 5.74) is 2.59. The molecular weight excluding hydrogens is 310 g/mol. The molecule has 3 aliphatic rings. The topological polar surface area (TPSA) is 30.5 Å². The Morgan fingerprint density at radius 1 is 1.16 bits per heavy atom. The second-order valence-corrected chi connectivity index (χ2v) is 8.59. The van der Waals surface area contributed by atoms with Crippen LogP contribution >= 0.6 is 0 Å². The number of hydrogen-bond acceptors (Lipinski definition) is 3. The van der Waals surface area contributed by atoms with E-state index in [1.54, 1.807) is 0 Å². The number of anilines is 1. The van der Waals surface area contributed by atoms with E-state index in [4.69, 9.17) is 9.47 Å². The van der Waals surface area contributed by atoms with Gasteiger partial charge in [0.1, 0.15) is 5.75 Å². The minimum absolute atomic E-state index is 0.261. The van der Waals surface area contributed by atoms with E-state index < -0.39 is 0 Å². The molecule has 3 nitrogen and oxygen atoms in total. The number of hydrogen-bond donors (Lipinski definition) is 1. The van der Waals surface area contributed by atoms with E-state index in [0.717, 1.165) is 31.3 Å². The fourth-order valence-corrected chi connectivity index (χ4v) is 4.95. The van der Waals surface area contributed by atoms with Crippen molar-refractivity contribution < 1.29 is 9.47 Å². The molecule has 0 amide bonds. The highest BCUT2D eigenvalue weighted by Gasteiger charge is 2.43. The lowest BCUT2D eigenvalue weighted by Gasteiger charge is -2.42. The van der Waals surface area contributed by atoms with E-state index in [2.05, 4.69) is 37.4 Å². The second kappa shape index (κ2) is 7.57. The number of fused-ring (bicyclic) bond motifs is 3. The van der Waals surface area contributed by atoms with E-state index in [9.17, 15) is 0 Å². The Morgan fingerprint density at radius 2 is 2.00 bits per heavy atom. The van der Waals surface area contributed by atoms with Crippen molar-refractivity contribution in [1.82, 2.24) is 0 Å². The molecule has 1 saturated carbocycles. The predicted octanol–water partition coefficient (Wildman–Crippen LogP) is 5.56. The fraction of sp³-hybridized carbons (Fsp3) is 0.727. The third-order valence-corrected chi connectivity index (χ3v) is 6.37. The lowest BCUT2D eigenvalue weighted by molar-refractivity contribution is 0.0729. The summed E-state index contributed by atoms with van der Waals surface area (Å²) in [7, 11) is 0. The highest BCUT2D eigenvalue weighted by molar-refractivity contribution is 5.58. The zero-order chi connectivity index (χ0) is 17.2. The average molecular weight is 344 g/mol. The van der Waals surface area contributed by atoms with E-state index >= 15 is 0 Å². The fourth-order valence-electron chi connectivity index (χ4n) is 4.95. The maximum Gasteiger partial charge on any atom is 0.119 e. The summed E-state index contributed by atoms with van der Waals surface area (Å²) >= 11 is 0. The van der Waals surface area contributed by atoms with Gasteiger partial charge in [-0.25, -0.2) is 0 Å². The van der Waals surface area contributed by atoms with Crippen molar-refractivity contribution in [2.45, 2.75) is 70.9 Å². The van der Waals surface area contributed by atoms with Crippen LogP contribution in [0.3, 0.4) is 0 Å². The maximum atomic E-state index is 6.21. The first-order valence-electron chi connectivity index (χ1n) is 10.4. The van der Waals surface area contributed by atoms with Crippen LogP contribution in [0, 0.1) is 17.8 Å². The molecular formula is C22H33NO2. The third-order valence-electron chi connectivity index (χ3n) is 6.37. The van der Waals surface area contributed by atoms with Crippen LogP contribution in [0.5, 0.6) is 5.75 Å². The summed E-state index contributed by atoms with van der Waals surface area (Å²) in [5.74, 6) is 3.12. The molecule has 2 fully saturated rings. The van der Waals surface area contributed by atoms with Crippen molar-refractivity contribution in [3.63, 3.8) is 0 Å². The van der Waals surface area contributed by atoms with Gasteiger partial charge in [-0.1, -0.05) is 33.1 Å². The first-order chi connectivity index (χ1) is 12.2. The largest absolute Gasteiger partial charge is 0.494 e. The molecule has 1 aromatic rings. The standard InChI is InChI=1S/C22H33NO2/c1-15(2)10-12-24-17-8-9-20-19(14-17)22-18(11-13-25-22)21(23-20)16-6-4-3-5-7-16/h8-9,14-16,18,21-23H,3-7,10-13H2,1-2H3/t18-,21+,22-/m0/s1. The van der Waals surface area contributed by atoms with Crippen LogP contribution in [-0.2, 0) is 4.74 Å². The number of rotatable bonds is 5. The zero-order valence-corrected chi connectivity index (χ0v) is 15.8. The van der Waals surface area contributed by atoms with Crippen molar-refractivity contribution in [2.75, 3.05) is 18.5 Å². The monoisotopic (exact) mass is 343 g/mol. The molecule has 4 rings (SSSR count). The summed E-state index contributed by atoms with van der Waals surface area (Å²) in [6.07, 6.45) is 9.53. The van der Waals surface area contributed by atoms with E-state index in [1.165, 1.54) is 49.8 Å². The molecule has 1 N–H and O–H groups in total. The van der Waals surface area contributed by atoms with E-state index in [1.807, 2.05) is 0 Å². The van der Waals surface area contributed by atoms with E-state index in [-0.39, 0.29) is 6.10 Å². The Labute approximate surface area is 152 Å². The Kier molecular flexibility index (Phi) is 5.21. The van der Waals surface area contributed by atoms with Gasteiger partial charge in [-0.15, -0.1) is 0 Å². The summed E-state index contributed by atoms with van der Waals surface area (Å²) in [6, 6.07) is 7.16. The quantitative estimate of drug-likeness (QED) is 0.759. The van der Waals surface area contributed by atoms with Gasteiger partial charge < -0.3 is 14.8 Å². The van der Waals surface area contributed by atoms with Gasteiger partial charge in [-0.3, -0.25) is 0 Å². The highest BCUT2D eigenvalue weighted by Crippen LogP contribution is 2.49. The lowest BCUT2D eigenvalue weighted by Crippen LogP contribution is -2.42. The molecule has 3 heteroatoms. The SMILES string of the molecule is CC(C)CCOc1ccc2c(c1)[C@H]1OCC[C@H]1[C@@H](C1CCCCC1)N2. The third kappa shape index (κ3) is 3.67. The van der Waals surface area contributed by atoms with Gasteiger partial charge >= 0.3 is 0 Å². The predicted molar refractivity (Wildman–Crippen MR) is 102 cm³/mol. The van der Waals surface area contributed by atoms with Crippen molar-refractivity contribution in [3.05, 3.63) is 23.8 Å². The molecule has 0 bridgehead atoms. The summed E-state index contributed by atoms with van der Waals surface area (Å²) < 4.78 is 12.2. The first kappa shape index (κ1) is 17.2. The van der Waals surface area contributed by atoms with Crippen LogP contribution in [0.15, 0.2) is 18.2 Å². The van der Waals surface area contributed by atoms with Gasteiger partial charge in [-0.2, -0.15) is 0 Å². The molecule has 1 aliphatic carbocycles. The van der Waals surface area contributed by atoms with Crippen molar-refractivity contribution in [1.29, 1.82) is 0 Å². The van der Waals surface area contributed by atoms with Crippen molar-refractivity contribution >= 4 is 5.69 Å². The lowest BCUT2D eigenvalue weighted by atomic mass is 9.73. The summed E-state index contributed by atoms with van der Waals surface area (Å²) in [4.78, 5) is 0. The molecule has 2 heterocycles. The molecule has 0 unspecified atom stereocenters. The Morgan fingerprint density at radius 3 is 2.80 bits per heavy atom. The minimum Gasteiger partial charge on any atom is -0.494 e. The average Bonchev–Trinajstić information content (AvgIpc) is 3.11. The van der Waals surface area contributed by atoms with Gasteiger partial charge in [0.05, 0.1) is 12.7 Å². The number of benzene rings is 1. The van der Waals surface area contributed by atoms with Crippen molar-refractivity contribution in [3.8, 4) is 5.75 Å². The van der Waals surface area contributed by atoms with Gasteiger partial charge in [0.25, 0.3) is 0 Å². The second-order valence-electron chi connectivity index (χ2n) is 8.59. The van der Waals surface area contributed by atoms with Crippen LogP contribution < -0.4 is 10.1 Å². The molecule has 0 aromatic heterocycles. The minimum atomic E-state index is 0.261. The van der Waals surface area contributed by atoms with E-state index in [0.29, 0.717) is 17.9 Å². The maximum absolute atomic E-state index is 6.21. The van der Waals surface area contributed by atoms with Gasteiger partial charge in [0, 0.05) is 29.8 Å². The number of ether oxygens (including phenoxy) is 2. The Balaban J connectivity index is 1.52. The Bertz CT molecular complexity index is 579. The molecule has 1 aromatic carbocycles. The molecule has 2 aliphatic heterocycles. The Hall–Kier alpha value is -1.22. The van der Waals surface area contributed by atoms with Crippen LogP contribution in [0.25, 0.3) is 0 Å². The molecule has 1 saturated heterocycles. The first-order valence-corrected chi connectivity index (χ1v) is 10.4. The van der Waals surface area contributed by atoms with Crippen LogP contribution in [0.2, 0.25) is 0 Å². The van der Waals surface area contributed by atoms with Crippen LogP contribution in [0.4, 0.5) is 5.69 Å². The van der Waals surface area contributed by atoms with Gasteiger partial charge in [0.15, 0.2) is 0 Å². The highest BCUT2D eigenvalue weighted by atomic mass is 16.5. The zero-order valence-electron chi connectivity index (χ0n) is 15.8. The van der Waals surface area contributed by atoms with Crippen LogP contribution in [0.1, 0.15) is 70.5 Å². The number of nitrogens with one attached hydrogen (secondary N) is 1. The van der Waals surface area contributed by atoms with Crippen molar-refractivity contribution in [2.24, 2.45) is 17.8 Å². The molecule has 0 radical (unpaired) electrons. The van der Waals surface area contributed by atoms with Gasteiger partial charge in [-0.05, 0) is 55.7 Å². The molecule has 138 valence electrons. The summed E-state index contributed by atoms with van der Waals surface area (Å²) in [5, 5.41) is 3.90. The summed E-state index contributed by atoms with van der Waals surface area (Å²) in [6.45, 7) is 6.17. The van der Waals surface area contributed by atoms with Gasteiger partial charge in [0.2, 0.25) is 0 Å². The molecule has 0 spiro atoms. The molecule has 3 atom stereocenters.